The van der Waals surface area contributed by atoms with E-state index in [0.29, 0.717) is 0 Å². The van der Waals surface area contributed by atoms with Gasteiger partial charge in [0, 0.05) is 0 Å². The van der Waals surface area contributed by atoms with Gasteiger partial charge >= 0.3 is 123 Å². The van der Waals surface area contributed by atoms with Crippen molar-refractivity contribution in [3.05, 3.63) is 0 Å². The molecule has 0 amide bonds. The normalized spacial score (nSPS) is 11.3. The Morgan fingerprint density at radius 2 is 0.889 bits per heavy atom. The zero-order valence-electron chi connectivity index (χ0n) is 12.9. The van der Waals surface area contributed by atoms with E-state index in [1.165, 1.54) is 85.9 Å². The molecule has 0 aromatic carbocycles. The van der Waals surface area contributed by atoms with Crippen LogP contribution >= 0.6 is 0 Å². The third-order valence-corrected chi connectivity index (χ3v) is 9.92. The van der Waals surface area contributed by atoms with Crippen molar-refractivity contribution in [1.29, 1.82) is 0 Å². The minimum atomic E-state index is -1.98. The Morgan fingerprint density at radius 3 is 1.28 bits per heavy atom. The zero-order valence-corrected chi connectivity index (χ0v) is 16.2. The van der Waals surface area contributed by atoms with Gasteiger partial charge in [0.05, 0.1) is 0 Å². The van der Waals surface area contributed by atoms with E-state index in [-0.39, 0.29) is 0 Å². The molecule has 0 unspecified atom stereocenters. The van der Waals surface area contributed by atoms with Gasteiger partial charge < -0.3 is 0 Å². The van der Waals surface area contributed by atoms with Gasteiger partial charge in [0.1, 0.15) is 0 Å². The quantitative estimate of drug-likeness (QED) is 0.323. The second-order valence-electron chi connectivity index (χ2n) is 5.77. The molecular weight excluding hydrogens is 327 g/mol. The van der Waals surface area contributed by atoms with Gasteiger partial charge in [-0.3, -0.25) is 0 Å². The summed E-state index contributed by atoms with van der Waals surface area (Å²) in [5, 5.41) is 0. The van der Waals surface area contributed by atoms with Crippen molar-refractivity contribution < 1.29 is 3.44 Å². The maximum absolute atomic E-state index is 10.1. The van der Waals surface area contributed by atoms with Crippen LogP contribution in [0.1, 0.15) is 90.9 Å². The molecule has 0 aliphatic rings. The Labute approximate surface area is 123 Å². The number of hydrogen-bond acceptors (Lipinski definition) is 1. The molecule has 110 valence electrons. The topological polar surface area (TPSA) is 20.2 Å². The molecule has 0 saturated heterocycles. The van der Waals surface area contributed by atoms with Gasteiger partial charge in [-0.2, -0.15) is 0 Å². The Morgan fingerprint density at radius 1 is 0.556 bits per heavy atom. The average Bonchev–Trinajstić information content (AvgIpc) is 2.38. The monoisotopic (exact) mass is 364 g/mol. The van der Waals surface area contributed by atoms with Crippen molar-refractivity contribution in [3.63, 3.8) is 0 Å². The van der Waals surface area contributed by atoms with Crippen LogP contribution in [0.4, 0.5) is 0 Å². The molecule has 1 N–H and O–H groups in total. The van der Waals surface area contributed by atoms with Crippen LogP contribution in [-0.4, -0.2) is 23.6 Å². The summed E-state index contributed by atoms with van der Waals surface area (Å²) >= 11 is -1.98. The molecule has 0 rings (SSSR count). The summed E-state index contributed by atoms with van der Waals surface area (Å²) in [4.78, 5) is 0. The molecule has 1 nitrogen and oxygen atoms in total. The van der Waals surface area contributed by atoms with Crippen LogP contribution in [-0.2, 0) is 0 Å². The molecule has 18 heavy (non-hydrogen) atoms. The molecule has 0 aromatic rings. The Hall–Kier alpha value is 0.759. The molecule has 0 bridgehead atoms. The summed E-state index contributed by atoms with van der Waals surface area (Å²) in [6.45, 7) is 4.53. The zero-order chi connectivity index (χ0) is 13.5. The maximum atomic E-state index is 10.1. The third kappa shape index (κ3) is 14.8. The summed E-state index contributed by atoms with van der Waals surface area (Å²) in [6.07, 6.45) is 16.4. The van der Waals surface area contributed by atoms with Crippen LogP contribution in [0.15, 0.2) is 0 Å². The summed E-state index contributed by atoms with van der Waals surface area (Å²) in [6, 6.07) is 0. The van der Waals surface area contributed by atoms with E-state index in [0.717, 1.165) is 0 Å². The molecule has 0 aliphatic heterocycles. The first kappa shape index (κ1) is 18.8. The van der Waals surface area contributed by atoms with Gasteiger partial charge in [0.2, 0.25) is 0 Å². The van der Waals surface area contributed by atoms with Crippen molar-refractivity contribution in [1.82, 2.24) is 0 Å². The standard InChI is InChI=1S/2C8H17.H2O.Sn.H/c2*1-3-5-7-8-6-4-2;;;/h2*1,3-8H2,2H3;1H2;;/q;;;+1;/p-1. The van der Waals surface area contributed by atoms with Crippen molar-refractivity contribution in [2.45, 2.75) is 99.8 Å². The molecule has 0 heterocycles. The summed E-state index contributed by atoms with van der Waals surface area (Å²) in [5.41, 5.74) is 0. The molecule has 0 aliphatic carbocycles. The fourth-order valence-corrected chi connectivity index (χ4v) is 7.63. The molecule has 0 radical (unpaired) electrons. The van der Waals surface area contributed by atoms with Crippen LogP contribution in [0.2, 0.25) is 8.87 Å². The van der Waals surface area contributed by atoms with Gasteiger partial charge in [0.15, 0.2) is 0 Å². The van der Waals surface area contributed by atoms with Gasteiger partial charge in [-0.25, -0.2) is 0 Å². The third-order valence-electron chi connectivity index (χ3n) is 3.78. The van der Waals surface area contributed by atoms with Gasteiger partial charge in [0.25, 0.3) is 0 Å². The van der Waals surface area contributed by atoms with Gasteiger partial charge in [-0.1, -0.05) is 0 Å². The van der Waals surface area contributed by atoms with Crippen LogP contribution in [0.5, 0.6) is 0 Å². The molecule has 0 atom stereocenters. The van der Waals surface area contributed by atoms with Crippen LogP contribution < -0.4 is 0 Å². The molecule has 0 saturated carbocycles. The van der Waals surface area contributed by atoms with Crippen molar-refractivity contribution in [2.75, 3.05) is 0 Å². The minimum absolute atomic E-state index is 1.24. The predicted molar refractivity (Wildman–Crippen MR) is 85.7 cm³/mol. The first-order chi connectivity index (χ1) is 8.81. The number of unbranched alkanes of at least 4 members (excludes halogenated alkanes) is 10. The molecule has 0 fully saturated rings. The van der Waals surface area contributed by atoms with Crippen molar-refractivity contribution >= 4 is 20.2 Å². The Bertz CT molecular complexity index is 134. The fraction of sp³-hybridized carbons (Fsp3) is 1.00. The van der Waals surface area contributed by atoms with Crippen LogP contribution in [0, 0.1) is 0 Å². The van der Waals surface area contributed by atoms with E-state index in [1.807, 2.05) is 0 Å². The fourth-order valence-electron chi connectivity index (χ4n) is 2.46. The Kier molecular flexibility index (Phi) is 16.5. The predicted octanol–water partition coefficient (Wildman–Crippen LogP) is 5.42. The van der Waals surface area contributed by atoms with E-state index in [9.17, 15) is 3.44 Å². The van der Waals surface area contributed by atoms with E-state index < -0.39 is 20.2 Å². The van der Waals surface area contributed by atoms with Crippen molar-refractivity contribution in [2.24, 2.45) is 0 Å². The van der Waals surface area contributed by atoms with E-state index in [2.05, 4.69) is 13.8 Å². The number of hydrogen-bond donors (Lipinski definition) is 1. The molecular formula is C16H36OSn. The van der Waals surface area contributed by atoms with E-state index in [4.69, 9.17) is 0 Å². The Balaban J connectivity index is 3.10. The number of rotatable bonds is 14. The van der Waals surface area contributed by atoms with Crippen LogP contribution in [0.3, 0.4) is 0 Å². The second kappa shape index (κ2) is 15.8. The molecule has 0 spiro atoms. The van der Waals surface area contributed by atoms with Gasteiger partial charge in [-0.05, 0) is 0 Å². The molecule has 2 heteroatoms. The molecule has 0 aromatic heterocycles. The van der Waals surface area contributed by atoms with E-state index >= 15 is 0 Å². The van der Waals surface area contributed by atoms with Crippen LogP contribution in [0.25, 0.3) is 0 Å². The van der Waals surface area contributed by atoms with E-state index in [1.54, 1.807) is 0 Å². The summed E-state index contributed by atoms with van der Waals surface area (Å²) in [7, 11) is 0. The summed E-state index contributed by atoms with van der Waals surface area (Å²) < 4.78 is 12.5. The second-order valence-corrected chi connectivity index (χ2v) is 12.8. The van der Waals surface area contributed by atoms with Gasteiger partial charge in [-0.15, -0.1) is 0 Å². The first-order valence-electron chi connectivity index (χ1n) is 8.49. The SMILES string of the molecule is CCCCCCC[CH2][SnH]([OH])[CH2]CCCCCCC. The first-order valence-corrected chi connectivity index (χ1v) is 14.6. The summed E-state index contributed by atoms with van der Waals surface area (Å²) in [5.74, 6) is 0. The average molecular weight is 363 g/mol. The van der Waals surface area contributed by atoms with Crippen molar-refractivity contribution in [3.8, 4) is 0 Å².